The number of piperazine rings is 1. The molecule has 3 unspecified atom stereocenters. The molecule has 5 rings (SSSR count). The fourth-order valence-electron chi connectivity index (χ4n) is 5.80. The van der Waals surface area contributed by atoms with Crippen LogP contribution in [0.15, 0.2) is 66.0 Å². The summed E-state index contributed by atoms with van der Waals surface area (Å²) in [6.45, 7) is 7.29. The smallest absolute Gasteiger partial charge is 0.320 e. The molecule has 45 heavy (non-hydrogen) atoms. The summed E-state index contributed by atoms with van der Waals surface area (Å²) < 4.78 is 5.42. The number of carbonyl (C=O) groups excluding carboxylic acids is 3. The average molecular weight is 634 g/mol. The zero-order chi connectivity index (χ0) is 31.9. The number of nitrogens with zero attached hydrogens (tertiary/aromatic N) is 3. The van der Waals surface area contributed by atoms with Gasteiger partial charge in [-0.3, -0.25) is 14.4 Å². The topological polar surface area (TPSA) is 132 Å². The molecule has 0 spiro atoms. The lowest BCUT2D eigenvalue weighted by Crippen LogP contribution is -2.61. The Kier molecular flexibility index (Phi) is 10.4. The minimum Gasteiger partial charge on any atom is -0.481 e. The van der Waals surface area contributed by atoms with Gasteiger partial charge in [-0.1, -0.05) is 36.4 Å². The number of anilines is 2. The zero-order valence-electron chi connectivity index (χ0n) is 25.5. The number of benzene rings is 2. The summed E-state index contributed by atoms with van der Waals surface area (Å²) in [6, 6.07) is 17.3. The first-order valence-electron chi connectivity index (χ1n) is 15.1. The Morgan fingerprint density at radius 2 is 1.73 bits per heavy atom. The highest BCUT2D eigenvalue weighted by molar-refractivity contribution is 7.10. The fraction of sp³-hybridized carbons (Fsp3) is 0.394. The number of nitrogens with one attached hydrogen (secondary N) is 2. The molecule has 11 nitrogen and oxygen atoms in total. The number of rotatable bonds is 9. The van der Waals surface area contributed by atoms with E-state index in [9.17, 15) is 24.3 Å². The Labute approximate surface area is 266 Å². The van der Waals surface area contributed by atoms with Crippen LogP contribution >= 0.6 is 11.3 Å². The predicted octanol–water partition coefficient (Wildman–Crippen LogP) is 4.23. The molecule has 3 N–H and O–H groups in total. The summed E-state index contributed by atoms with van der Waals surface area (Å²) in [4.78, 5) is 58.2. The SMILES string of the molecule is CC1CN(c2ccc(C(=O)NC(CC(=O)O)c3cccs3)cc2NC(=O)Cc2ccccc2)C(C)CN1C(=O)N1CCOCC1. The number of thiophene rings is 1. The van der Waals surface area contributed by atoms with Crippen LogP contribution in [0.5, 0.6) is 0 Å². The molecule has 0 aliphatic carbocycles. The number of aliphatic carboxylic acids is 1. The summed E-state index contributed by atoms with van der Waals surface area (Å²) in [5, 5.41) is 17.2. The number of hydrogen-bond acceptors (Lipinski definition) is 7. The highest BCUT2D eigenvalue weighted by Gasteiger charge is 2.35. The molecule has 12 heteroatoms. The Morgan fingerprint density at radius 1 is 0.978 bits per heavy atom. The van der Waals surface area contributed by atoms with Crippen LogP contribution in [0, 0.1) is 0 Å². The summed E-state index contributed by atoms with van der Waals surface area (Å²) in [5.41, 5.74) is 2.37. The molecule has 2 fully saturated rings. The summed E-state index contributed by atoms with van der Waals surface area (Å²) >= 11 is 1.38. The van der Waals surface area contributed by atoms with E-state index in [0.29, 0.717) is 50.6 Å². The van der Waals surface area contributed by atoms with Crippen molar-refractivity contribution in [2.24, 2.45) is 0 Å². The van der Waals surface area contributed by atoms with E-state index in [-0.39, 0.29) is 36.9 Å². The predicted molar refractivity (Wildman–Crippen MR) is 173 cm³/mol. The van der Waals surface area contributed by atoms with E-state index in [1.54, 1.807) is 18.2 Å². The van der Waals surface area contributed by atoms with Crippen molar-refractivity contribution >= 4 is 46.5 Å². The van der Waals surface area contributed by atoms with Gasteiger partial charge in [0.1, 0.15) is 0 Å². The molecular formula is C33H39N5O6S. The van der Waals surface area contributed by atoms with Crippen LogP contribution in [-0.2, 0) is 20.7 Å². The second kappa shape index (κ2) is 14.6. The maximum absolute atomic E-state index is 13.4. The molecule has 3 heterocycles. The molecule has 2 aromatic carbocycles. The van der Waals surface area contributed by atoms with Crippen molar-refractivity contribution in [2.45, 2.75) is 44.8 Å². The van der Waals surface area contributed by atoms with E-state index in [2.05, 4.69) is 15.5 Å². The van der Waals surface area contributed by atoms with Crippen molar-refractivity contribution in [2.75, 3.05) is 49.6 Å². The lowest BCUT2D eigenvalue weighted by atomic mass is 10.0. The maximum Gasteiger partial charge on any atom is 0.320 e. The number of urea groups is 1. The molecule has 0 radical (unpaired) electrons. The number of carbonyl (C=O) groups is 4. The fourth-order valence-corrected chi connectivity index (χ4v) is 6.57. The van der Waals surface area contributed by atoms with Gasteiger partial charge in [0.15, 0.2) is 0 Å². The molecule has 4 amide bonds. The Morgan fingerprint density at radius 3 is 2.42 bits per heavy atom. The van der Waals surface area contributed by atoms with Gasteiger partial charge >= 0.3 is 12.0 Å². The third-order valence-corrected chi connectivity index (χ3v) is 9.12. The first kappa shape index (κ1) is 32.0. The third-order valence-electron chi connectivity index (χ3n) is 8.13. The Balaban J connectivity index is 1.39. The minimum absolute atomic E-state index is 0.00219. The van der Waals surface area contributed by atoms with Gasteiger partial charge in [-0.2, -0.15) is 0 Å². The molecule has 2 saturated heterocycles. The molecule has 2 aliphatic rings. The van der Waals surface area contributed by atoms with Gasteiger partial charge in [0.05, 0.1) is 43.5 Å². The highest BCUT2D eigenvalue weighted by atomic mass is 32.1. The van der Waals surface area contributed by atoms with Gasteiger partial charge in [-0.25, -0.2) is 4.79 Å². The minimum atomic E-state index is -1.02. The normalized spacial score (nSPS) is 19.1. The van der Waals surface area contributed by atoms with Crippen LogP contribution in [0.1, 0.15) is 47.1 Å². The molecule has 3 atom stereocenters. The van der Waals surface area contributed by atoms with Crippen molar-refractivity contribution in [3.8, 4) is 0 Å². The molecular weight excluding hydrogens is 594 g/mol. The average Bonchev–Trinajstić information content (AvgIpc) is 3.57. The van der Waals surface area contributed by atoms with Crippen LogP contribution in [0.25, 0.3) is 0 Å². The second-order valence-electron chi connectivity index (χ2n) is 11.5. The van der Waals surface area contributed by atoms with Gasteiger partial charge in [0, 0.05) is 48.7 Å². The molecule has 238 valence electrons. The number of morpholine rings is 1. The number of amides is 4. The van der Waals surface area contributed by atoms with Crippen LogP contribution in [-0.4, -0.2) is 90.2 Å². The Bertz CT molecular complexity index is 1490. The van der Waals surface area contributed by atoms with E-state index >= 15 is 0 Å². The van der Waals surface area contributed by atoms with Crippen molar-refractivity contribution in [3.05, 3.63) is 82.0 Å². The van der Waals surface area contributed by atoms with E-state index in [4.69, 9.17) is 4.74 Å². The summed E-state index contributed by atoms with van der Waals surface area (Å²) in [7, 11) is 0. The van der Waals surface area contributed by atoms with Gasteiger partial charge < -0.3 is 35.2 Å². The van der Waals surface area contributed by atoms with Crippen molar-refractivity contribution in [3.63, 3.8) is 0 Å². The third kappa shape index (κ3) is 8.00. The zero-order valence-corrected chi connectivity index (χ0v) is 26.3. The Hall–Kier alpha value is -4.42. The van der Waals surface area contributed by atoms with E-state index in [0.717, 1.165) is 16.1 Å². The molecule has 0 saturated carbocycles. The first-order valence-corrected chi connectivity index (χ1v) is 16.0. The van der Waals surface area contributed by atoms with Crippen LogP contribution < -0.4 is 15.5 Å². The molecule has 3 aromatic rings. The summed E-state index contributed by atoms with van der Waals surface area (Å²) in [6.07, 6.45) is -0.0998. The largest absolute Gasteiger partial charge is 0.481 e. The standard InChI is InChI=1S/C33H39N5O6S/c1-22-21-38(33(43)36-12-14-44-15-13-36)23(2)20-37(22)28-11-10-25(18-26(28)34-30(39)17-24-7-4-3-5-8-24)32(42)35-27(19-31(40)41)29-9-6-16-45-29/h3-11,16,18,22-23,27H,12-15,17,19-21H2,1-2H3,(H,34,39)(H,35,42)(H,40,41). The van der Waals surface area contributed by atoms with Crippen molar-refractivity contribution in [1.82, 2.24) is 15.1 Å². The molecule has 0 bridgehead atoms. The molecule has 1 aromatic heterocycles. The van der Waals surface area contributed by atoms with Crippen molar-refractivity contribution in [1.29, 1.82) is 0 Å². The number of carboxylic acid groups (broad SMARTS) is 1. The van der Waals surface area contributed by atoms with E-state index in [1.807, 2.05) is 71.5 Å². The van der Waals surface area contributed by atoms with E-state index < -0.39 is 17.9 Å². The lowest BCUT2D eigenvalue weighted by Gasteiger charge is -2.47. The number of carboxylic acids is 1. The van der Waals surface area contributed by atoms with Gasteiger partial charge in [0.2, 0.25) is 5.91 Å². The summed E-state index contributed by atoms with van der Waals surface area (Å²) in [5.74, 6) is -1.70. The second-order valence-corrected chi connectivity index (χ2v) is 12.4. The van der Waals surface area contributed by atoms with Gasteiger partial charge in [-0.05, 0) is 49.1 Å². The number of ether oxygens (including phenoxy) is 1. The van der Waals surface area contributed by atoms with Crippen LogP contribution in [0.2, 0.25) is 0 Å². The maximum atomic E-state index is 13.4. The monoisotopic (exact) mass is 633 g/mol. The molecule has 2 aliphatic heterocycles. The van der Waals surface area contributed by atoms with Crippen LogP contribution in [0.3, 0.4) is 0 Å². The quantitative estimate of drug-likeness (QED) is 0.322. The van der Waals surface area contributed by atoms with E-state index in [1.165, 1.54) is 11.3 Å². The first-order chi connectivity index (χ1) is 21.7. The van der Waals surface area contributed by atoms with Crippen molar-refractivity contribution < 1.29 is 29.0 Å². The van der Waals surface area contributed by atoms with Gasteiger partial charge in [-0.15, -0.1) is 11.3 Å². The highest BCUT2D eigenvalue weighted by Crippen LogP contribution is 2.33. The number of hydrogen-bond donors (Lipinski definition) is 3. The van der Waals surface area contributed by atoms with Gasteiger partial charge in [0.25, 0.3) is 5.91 Å². The lowest BCUT2D eigenvalue weighted by molar-refractivity contribution is -0.137. The van der Waals surface area contributed by atoms with Crippen LogP contribution in [0.4, 0.5) is 16.2 Å².